The first-order chi connectivity index (χ1) is 11.7. The molecule has 0 saturated carbocycles. The van der Waals surface area contributed by atoms with E-state index < -0.39 is 0 Å². The van der Waals surface area contributed by atoms with Crippen LogP contribution in [0.1, 0.15) is 36.0 Å². The van der Waals surface area contributed by atoms with Crippen molar-refractivity contribution in [3.63, 3.8) is 0 Å². The van der Waals surface area contributed by atoms with Gasteiger partial charge in [-0.25, -0.2) is 4.98 Å². The second-order valence-electron chi connectivity index (χ2n) is 6.68. The van der Waals surface area contributed by atoms with E-state index in [0.29, 0.717) is 11.6 Å². The number of hydrogen-bond donors (Lipinski definition) is 1. The molecule has 132 valence electrons. The third-order valence-electron chi connectivity index (χ3n) is 5.03. The van der Waals surface area contributed by atoms with E-state index in [1.165, 1.54) is 25.8 Å². The van der Waals surface area contributed by atoms with Crippen LogP contribution < -0.4 is 10.2 Å². The van der Waals surface area contributed by atoms with E-state index in [2.05, 4.69) is 27.1 Å². The summed E-state index contributed by atoms with van der Waals surface area (Å²) in [5, 5.41) is 3.03. The van der Waals surface area contributed by atoms with Crippen molar-refractivity contribution in [1.82, 2.24) is 15.2 Å². The molecule has 3 heterocycles. The highest BCUT2D eigenvalue weighted by molar-refractivity contribution is 5.94. The molecular formula is C18H28N4O2. The molecule has 0 aliphatic carbocycles. The Bertz CT molecular complexity index is 528. The molecule has 0 spiro atoms. The lowest BCUT2D eigenvalue weighted by molar-refractivity contribution is 0.0945. The van der Waals surface area contributed by atoms with Crippen molar-refractivity contribution in [3.05, 3.63) is 23.9 Å². The number of anilines is 1. The van der Waals surface area contributed by atoms with Gasteiger partial charge in [0.05, 0.1) is 18.8 Å². The Hall–Kier alpha value is -1.66. The molecule has 0 aromatic carbocycles. The topological polar surface area (TPSA) is 57.7 Å². The number of nitrogens with one attached hydrogen (secondary N) is 1. The summed E-state index contributed by atoms with van der Waals surface area (Å²) in [7, 11) is 2.18. The van der Waals surface area contributed by atoms with E-state index in [1.54, 1.807) is 6.20 Å². The van der Waals surface area contributed by atoms with Gasteiger partial charge in [-0.2, -0.15) is 0 Å². The van der Waals surface area contributed by atoms with Gasteiger partial charge in [-0.3, -0.25) is 4.79 Å². The molecule has 1 amide bonds. The van der Waals surface area contributed by atoms with Gasteiger partial charge in [-0.05, 0) is 45.0 Å². The summed E-state index contributed by atoms with van der Waals surface area (Å²) >= 11 is 0. The van der Waals surface area contributed by atoms with Crippen LogP contribution in [0.2, 0.25) is 0 Å². The minimum Gasteiger partial charge on any atom is -0.378 e. The summed E-state index contributed by atoms with van der Waals surface area (Å²) in [5.74, 6) is 0.883. The van der Waals surface area contributed by atoms with Gasteiger partial charge >= 0.3 is 0 Å². The van der Waals surface area contributed by atoms with Crippen LogP contribution in [0.4, 0.5) is 5.82 Å². The van der Waals surface area contributed by atoms with Gasteiger partial charge < -0.3 is 19.9 Å². The van der Waals surface area contributed by atoms with E-state index >= 15 is 0 Å². The minimum atomic E-state index is -0.0329. The molecule has 1 aromatic rings. The Morgan fingerprint density at radius 1 is 1.29 bits per heavy atom. The van der Waals surface area contributed by atoms with Crippen LogP contribution in [0.15, 0.2) is 18.3 Å². The Kier molecular flexibility index (Phi) is 6.04. The van der Waals surface area contributed by atoms with Gasteiger partial charge in [-0.1, -0.05) is 6.42 Å². The van der Waals surface area contributed by atoms with Crippen LogP contribution in [-0.2, 0) is 4.74 Å². The lowest BCUT2D eigenvalue weighted by atomic mass is 10.0. The molecule has 2 saturated heterocycles. The molecule has 1 N–H and O–H groups in total. The molecule has 6 heteroatoms. The number of ether oxygens (including phenoxy) is 1. The molecule has 1 aromatic heterocycles. The number of nitrogens with zero attached hydrogens (tertiary/aromatic N) is 3. The number of piperidine rings is 1. The summed E-state index contributed by atoms with van der Waals surface area (Å²) < 4.78 is 5.35. The Balaban J connectivity index is 1.46. The predicted octanol–water partition coefficient (Wildman–Crippen LogP) is 1.52. The predicted molar refractivity (Wildman–Crippen MR) is 94.5 cm³/mol. The van der Waals surface area contributed by atoms with Crippen molar-refractivity contribution < 1.29 is 9.53 Å². The molecule has 2 fully saturated rings. The quantitative estimate of drug-likeness (QED) is 0.886. The number of morpholine rings is 1. The fourth-order valence-electron chi connectivity index (χ4n) is 3.46. The number of likely N-dealkylation sites (tertiary alicyclic amines) is 1. The molecule has 0 radical (unpaired) electrons. The molecule has 2 aliphatic rings. The SMILES string of the molecule is CN1CCCC[C@H]1CCNC(=O)c1ccc(N2CCOCC2)nc1. The molecule has 24 heavy (non-hydrogen) atoms. The number of aromatic nitrogens is 1. The average molecular weight is 332 g/mol. The smallest absolute Gasteiger partial charge is 0.252 e. The highest BCUT2D eigenvalue weighted by Gasteiger charge is 2.19. The van der Waals surface area contributed by atoms with E-state index in [0.717, 1.165) is 45.1 Å². The maximum absolute atomic E-state index is 12.3. The highest BCUT2D eigenvalue weighted by atomic mass is 16.5. The molecule has 2 aliphatic heterocycles. The second kappa shape index (κ2) is 8.44. The number of hydrogen-bond acceptors (Lipinski definition) is 5. The van der Waals surface area contributed by atoms with Crippen molar-refractivity contribution in [2.75, 3.05) is 51.3 Å². The van der Waals surface area contributed by atoms with Gasteiger partial charge in [0.25, 0.3) is 5.91 Å². The summed E-state index contributed by atoms with van der Waals surface area (Å²) in [4.78, 5) is 21.3. The lowest BCUT2D eigenvalue weighted by Crippen LogP contribution is -2.39. The van der Waals surface area contributed by atoms with Crippen LogP contribution in [-0.4, -0.2) is 68.3 Å². The van der Waals surface area contributed by atoms with E-state index in [-0.39, 0.29) is 5.91 Å². The zero-order valence-corrected chi connectivity index (χ0v) is 14.5. The van der Waals surface area contributed by atoms with Crippen LogP contribution in [0.3, 0.4) is 0 Å². The molecule has 6 nitrogen and oxygen atoms in total. The van der Waals surface area contributed by atoms with Crippen molar-refractivity contribution in [1.29, 1.82) is 0 Å². The second-order valence-corrected chi connectivity index (χ2v) is 6.68. The van der Waals surface area contributed by atoms with E-state index in [9.17, 15) is 4.79 Å². The number of amides is 1. The fourth-order valence-corrected chi connectivity index (χ4v) is 3.46. The monoisotopic (exact) mass is 332 g/mol. The van der Waals surface area contributed by atoms with Gasteiger partial charge in [0.2, 0.25) is 0 Å². The van der Waals surface area contributed by atoms with Gasteiger partial charge in [0.1, 0.15) is 5.82 Å². The highest BCUT2D eigenvalue weighted by Crippen LogP contribution is 2.17. The fraction of sp³-hybridized carbons (Fsp3) is 0.667. The molecule has 3 rings (SSSR count). The molecular weight excluding hydrogens is 304 g/mol. The van der Waals surface area contributed by atoms with E-state index in [1.807, 2.05) is 12.1 Å². The minimum absolute atomic E-state index is 0.0329. The first-order valence-corrected chi connectivity index (χ1v) is 9.01. The van der Waals surface area contributed by atoms with Gasteiger partial charge in [0, 0.05) is 31.9 Å². The Morgan fingerprint density at radius 3 is 2.83 bits per heavy atom. The molecule has 0 bridgehead atoms. The van der Waals surface area contributed by atoms with E-state index in [4.69, 9.17) is 4.74 Å². The number of carbonyl (C=O) groups is 1. The summed E-state index contributed by atoms with van der Waals surface area (Å²) in [6.45, 7) is 5.07. The largest absolute Gasteiger partial charge is 0.378 e. The first-order valence-electron chi connectivity index (χ1n) is 9.01. The zero-order chi connectivity index (χ0) is 16.8. The van der Waals surface area contributed by atoms with Crippen molar-refractivity contribution in [3.8, 4) is 0 Å². The van der Waals surface area contributed by atoms with Gasteiger partial charge in [0.15, 0.2) is 0 Å². The zero-order valence-electron chi connectivity index (χ0n) is 14.5. The maximum Gasteiger partial charge on any atom is 0.252 e. The van der Waals surface area contributed by atoms with Crippen LogP contribution >= 0.6 is 0 Å². The standard InChI is InChI=1S/C18H28N4O2/c1-21-9-3-2-4-16(21)7-8-19-18(23)15-5-6-17(20-14-15)22-10-12-24-13-11-22/h5-6,14,16H,2-4,7-13H2,1H3,(H,19,23)/t16-/m0/s1. The molecule has 1 atom stereocenters. The third kappa shape index (κ3) is 4.45. The Labute approximate surface area is 144 Å². The number of carbonyl (C=O) groups excluding carboxylic acids is 1. The Morgan fingerprint density at radius 2 is 2.12 bits per heavy atom. The number of rotatable bonds is 5. The van der Waals surface area contributed by atoms with Gasteiger partial charge in [-0.15, -0.1) is 0 Å². The first kappa shape index (κ1) is 17.2. The van der Waals surface area contributed by atoms with Crippen LogP contribution in [0.25, 0.3) is 0 Å². The van der Waals surface area contributed by atoms with Crippen molar-refractivity contribution in [2.45, 2.75) is 31.7 Å². The average Bonchev–Trinajstić information content (AvgIpc) is 2.64. The summed E-state index contributed by atoms with van der Waals surface area (Å²) in [6, 6.07) is 4.38. The van der Waals surface area contributed by atoms with Crippen molar-refractivity contribution in [2.24, 2.45) is 0 Å². The summed E-state index contributed by atoms with van der Waals surface area (Å²) in [6.07, 6.45) is 6.52. The number of pyridine rings is 1. The summed E-state index contributed by atoms with van der Waals surface area (Å²) in [5.41, 5.74) is 0.629. The maximum atomic E-state index is 12.3. The van der Waals surface area contributed by atoms with Crippen molar-refractivity contribution >= 4 is 11.7 Å². The third-order valence-corrected chi connectivity index (χ3v) is 5.03. The lowest BCUT2D eigenvalue weighted by Gasteiger charge is -2.32. The van der Waals surface area contributed by atoms with Crippen LogP contribution in [0.5, 0.6) is 0 Å². The molecule has 0 unspecified atom stereocenters. The van der Waals surface area contributed by atoms with Crippen LogP contribution in [0, 0.1) is 0 Å². The normalized spacial score (nSPS) is 22.4.